The van der Waals surface area contributed by atoms with Crippen molar-refractivity contribution in [2.75, 3.05) is 19.9 Å². The van der Waals surface area contributed by atoms with Crippen molar-refractivity contribution in [1.29, 1.82) is 5.26 Å². The van der Waals surface area contributed by atoms with Gasteiger partial charge >= 0.3 is 0 Å². The number of thioether (sulfide) groups is 1. The molecule has 2 aromatic rings. The van der Waals surface area contributed by atoms with Crippen LogP contribution in [0.25, 0.3) is 11.4 Å². The second kappa shape index (κ2) is 8.73. The summed E-state index contributed by atoms with van der Waals surface area (Å²) in [5.41, 5.74) is -0.0510. The van der Waals surface area contributed by atoms with Gasteiger partial charge in [0, 0.05) is 13.6 Å². The van der Waals surface area contributed by atoms with Gasteiger partial charge in [0.25, 0.3) is 0 Å². The SMILES string of the molecule is C=CCn1c(SCC(=O)N(C)C(C)(C)C#N)nnc1-c1ccccc1OC. The molecule has 0 bridgehead atoms. The van der Waals surface area contributed by atoms with Crippen LogP contribution in [0.1, 0.15) is 13.8 Å². The zero-order valence-electron chi connectivity index (χ0n) is 16.0. The molecule has 0 spiro atoms. The highest BCUT2D eigenvalue weighted by atomic mass is 32.2. The third-order valence-electron chi connectivity index (χ3n) is 4.19. The second-order valence-electron chi connectivity index (χ2n) is 6.32. The molecule has 0 N–H and O–H groups in total. The van der Waals surface area contributed by atoms with E-state index in [-0.39, 0.29) is 11.7 Å². The van der Waals surface area contributed by atoms with Crippen molar-refractivity contribution < 1.29 is 9.53 Å². The molecule has 7 nitrogen and oxygen atoms in total. The van der Waals surface area contributed by atoms with Gasteiger partial charge in [-0.2, -0.15) is 5.26 Å². The maximum Gasteiger partial charge on any atom is 0.234 e. The van der Waals surface area contributed by atoms with Crippen molar-refractivity contribution in [1.82, 2.24) is 19.7 Å². The van der Waals surface area contributed by atoms with E-state index in [0.29, 0.717) is 23.3 Å². The first kappa shape index (κ1) is 20.5. The van der Waals surface area contributed by atoms with Crippen molar-refractivity contribution in [2.24, 2.45) is 0 Å². The molecule has 0 atom stereocenters. The minimum Gasteiger partial charge on any atom is -0.496 e. The Bertz CT molecular complexity index is 869. The molecule has 142 valence electrons. The molecule has 0 fully saturated rings. The summed E-state index contributed by atoms with van der Waals surface area (Å²) >= 11 is 1.28. The molecular weight excluding hydrogens is 362 g/mol. The highest BCUT2D eigenvalue weighted by Crippen LogP contribution is 2.31. The molecule has 2 rings (SSSR count). The van der Waals surface area contributed by atoms with Gasteiger partial charge in [0.15, 0.2) is 11.0 Å². The number of carbonyl (C=O) groups is 1. The van der Waals surface area contributed by atoms with E-state index < -0.39 is 5.54 Å². The van der Waals surface area contributed by atoms with Crippen LogP contribution in [-0.2, 0) is 11.3 Å². The Morgan fingerprint density at radius 2 is 2.15 bits per heavy atom. The van der Waals surface area contributed by atoms with Gasteiger partial charge in [-0.1, -0.05) is 30.0 Å². The summed E-state index contributed by atoms with van der Waals surface area (Å²) in [6.07, 6.45) is 1.75. The van der Waals surface area contributed by atoms with Gasteiger partial charge in [-0.05, 0) is 26.0 Å². The lowest BCUT2D eigenvalue weighted by molar-refractivity contribution is -0.130. The number of nitrogens with zero attached hydrogens (tertiary/aromatic N) is 5. The monoisotopic (exact) mass is 385 g/mol. The van der Waals surface area contributed by atoms with Crippen LogP contribution in [0.3, 0.4) is 0 Å². The van der Waals surface area contributed by atoms with Crippen molar-refractivity contribution in [3.63, 3.8) is 0 Å². The Balaban J connectivity index is 2.27. The molecule has 1 amide bonds. The molecule has 1 heterocycles. The predicted molar refractivity (Wildman–Crippen MR) is 105 cm³/mol. The lowest BCUT2D eigenvalue weighted by Gasteiger charge is -2.28. The maximum atomic E-state index is 12.4. The van der Waals surface area contributed by atoms with Crippen LogP contribution < -0.4 is 4.74 Å². The molecule has 27 heavy (non-hydrogen) atoms. The number of nitriles is 1. The van der Waals surface area contributed by atoms with Crippen molar-refractivity contribution in [3.8, 4) is 23.2 Å². The first-order valence-electron chi connectivity index (χ1n) is 8.34. The van der Waals surface area contributed by atoms with Crippen molar-refractivity contribution in [3.05, 3.63) is 36.9 Å². The average Bonchev–Trinajstić information content (AvgIpc) is 3.08. The Kier molecular flexibility index (Phi) is 6.64. The Morgan fingerprint density at radius 3 is 2.78 bits per heavy atom. The molecule has 0 aliphatic heterocycles. The molecule has 0 radical (unpaired) electrons. The van der Waals surface area contributed by atoms with E-state index in [1.807, 2.05) is 28.8 Å². The quantitative estimate of drug-likeness (QED) is 0.513. The van der Waals surface area contributed by atoms with Crippen molar-refractivity contribution in [2.45, 2.75) is 31.1 Å². The summed E-state index contributed by atoms with van der Waals surface area (Å²) in [5, 5.41) is 18.3. The van der Waals surface area contributed by atoms with Gasteiger partial charge in [-0.15, -0.1) is 16.8 Å². The number of benzene rings is 1. The predicted octanol–water partition coefficient (Wildman–Crippen LogP) is 2.99. The van der Waals surface area contributed by atoms with E-state index in [0.717, 1.165) is 5.56 Å². The van der Waals surface area contributed by atoms with Crippen LogP contribution in [0.2, 0.25) is 0 Å². The highest BCUT2D eigenvalue weighted by Gasteiger charge is 2.27. The third kappa shape index (κ3) is 4.49. The zero-order valence-corrected chi connectivity index (χ0v) is 16.8. The minimum absolute atomic E-state index is 0.154. The number of amides is 1. The Morgan fingerprint density at radius 1 is 1.44 bits per heavy atom. The van der Waals surface area contributed by atoms with Crippen molar-refractivity contribution >= 4 is 17.7 Å². The lowest BCUT2D eigenvalue weighted by atomic mass is 10.1. The number of para-hydroxylation sites is 1. The van der Waals surface area contributed by atoms with Crippen LogP contribution in [0.4, 0.5) is 0 Å². The van der Waals surface area contributed by atoms with Gasteiger partial charge in [0.05, 0.1) is 24.5 Å². The fraction of sp³-hybridized carbons (Fsp3) is 0.368. The molecule has 0 saturated heterocycles. The number of hydrogen-bond acceptors (Lipinski definition) is 6. The smallest absolute Gasteiger partial charge is 0.234 e. The highest BCUT2D eigenvalue weighted by molar-refractivity contribution is 7.99. The maximum absolute atomic E-state index is 12.4. The standard InChI is InChI=1S/C19H23N5O2S/c1-6-11-24-17(14-9-7-8-10-15(14)26-5)21-22-18(24)27-12-16(25)23(4)19(2,3)13-20/h6-10H,1,11-12H2,2-5H3. The molecule has 0 aliphatic rings. The van der Waals surface area contributed by atoms with E-state index in [2.05, 4.69) is 22.8 Å². The fourth-order valence-corrected chi connectivity index (χ4v) is 3.19. The number of carbonyl (C=O) groups excluding carboxylic acids is 1. The normalized spacial score (nSPS) is 10.9. The number of methoxy groups -OCH3 is 1. The summed E-state index contributed by atoms with van der Waals surface area (Å²) in [4.78, 5) is 13.9. The fourth-order valence-electron chi connectivity index (χ4n) is 2.33. The van der Waals surface area contributed by atoms with Crippen LogP contribution in [0.15, 0.2) is 42.1 Å². The zero-order chi connectivity index (χ0) is 20.0. The Hall–Kier alpha value is -2.79. The van der Waals surface area contributed by atoms with E-state index >= 15 is 0 Å². The third-order valence-corrected chi connectivity index (χ3v) is 5.14. The van der Waals surface area contributed by atoms with Crippen LogP contribution >= 0.6 is 11.8 Å². The first-order valence-corrected chi connectivity index (χ1v) is 9.32. The van der Waals surface area contributed by atoms with Gasteiger partial charge in [0.1, 0.15) is 11.3 Å². The van der Waals surface area contributed by atoms with E-state index in [1.165, 1.54) is 16.7 Å². The number of rotatable bonds is 8. The summed E-state index contributed by atoms with van der Waals surface area (Å²) in [7, 11) is 3.23. The minimum atomic E-state index is -0.866. The van der Waals surface area contributed by atoms with E-state index in [4.69, 9.17) is 4.74 Å². The lowest BCUT2D eigenvalue weighted by Crippen LogP contribution is -2.44. The summed E-state index contributed by atoms with van der Waals surface area (Å²) in [6, 6.07) is 9.68. The molecule has 0 saturated carbocycles. The number of hydrogen-bond donors (Lipinski definition) is 0. The topological polar surface area (TPSA) is 84.0 Å². The molecule has 0 unspecified atom stereocenters. The van der Waals surface area contributed by atoms with Crippen LogP contribution in [0.5, 0.6) is 5.75 Å². The van der Waals surface area contributed by atoms with Crippen LogP contribution in [-0.4, -0.2) is 51.0 Å². The van der Waals surface area contributed by atoms with Gasteiger partial charge in [-0.25, -0.2) is 0 Å². The van der Waals surface area contributed by atoms with Gasteiger partial charge in [0.2, 0.25) is 5.91 Å². The van der Waals surface area contributed by atoms with E-state index in [1.54, 1.807) is 34.1 Å². The molecule has 8 heteroatoms. The Labute approximate surface area is 163 Å². The molecular formula is C19H23N5O2S. The number of ether oxygens (including phenoxy) is 1. The average molecular weight is 385 g/mol. The molecule has 1 aromatic heterocycles. The van der Waals surface area contributed by atoms with Gasteiger partial charge < -0.3 is 9.64 Å². The van der Waals surface area contributed by atoms with Crippen LogP contribution in [0, 0.1) is 11.3 Å². The summed E-state index contributed by atoms with van der Waals surface area (Å²) in [5.74, 6) is 1.34. The molecule has 1 aromatic carbocycles. The number of aromatic nitrogens is 3. The summed E-state index contributed by atoms with van der Waals surface area (Å²) < 4.78 is 7.30. The van der Waals surface area contributed by atoms with Gasteiger partial charge in [-0.3, -0.25) is 9.36 Å². The number of allylic oxidation sites excluding steroid dienone is 1. The first-order chi connectivity index (χ1) is 12.9. The molecule has 0 aliphatic carbocycles. The largest absolute Gasteiger partial charge is 0.496 e. The second-order valence-corrected chi connectivity index (χ2v) is 7.26. The summed E-state index contributed by atoms with van der Waals surface area (Å²) in [6.45, 7) is 7.70. The van der Waals surface area contributed by atoms with E-state index in [9.17, 15) is 10.1 Å².